The zero-order chi connectivity index (χ0) is 27.2. The zero-order valence-electron chi connectivity index (χ0n) is 21.1. The van der Waals surface area contributed by atoms with Crippen molar-refractivity contribution in [3.05, 3.63) is 26.0 Å². The monoisotopic (exact) mass is 536 g/mol. The summed E-state index contributed by atoms with van der Waals surface area (Å²) in [6, 6.07) is -1.27. The van der Waals surface area contributed by atoms with Crippen LogP contribution in [0.4, 0.5) is 0 Å². The van der Waals surface area contributed by atoms with Crippen LogP contribution in [0, 0.1) is 13.3 Å². The van der Waals surface area contributed by atoms with E-state index in [1.165, 1.54) is 0 Å². The molecule has 0 aliphatic rings. The molecule has 0 saturated carbocycles. The highest BCUT2D eigenvalue weighted by Gasteiger charge is 2.29. The number of carboxylic acid groups (broad SMARTS) is 1. The topological polar surface area (TPSA) is 173 Å². The Labute approximate surface area is 214 Å². The van der Waals surface area contributed by atoms with Crippen LogP contribution in [0.2, 0.25) is 0 Å². The van der Waals surface area contributed by atoms with Crippen LogP contribution in [0.15, 0.2) is 12.7 Å². The Morgan fingerprint density at radius 1 is 0.944 bits per heavy atom. The maximum absolute atomic E-state index is 12.3. The largest absolute Gasteiger partial charge is 0.477 e. The van der Waals surface area contributed by atoms with Gasteiger partial charge in [0.25, 0.3) is 0 Å². The molecule has 0 saturated heterocycles. The Morgan fingerprint density at radius 3 is 2.17 bits per heavy atom. The summed E-state index contributed by atoms with van der Waals surface area (Å²) in [5.41, 5.74) is 3.27. The summed E-state index contributed by atoms with van der Waals surface area (Å²) < 4.78 is 32.0. The number of carbonyl (C=O) groups is 3. The van der Waals surface area contributed by atoms with Crippen LogP contribution in [0.5, 0.6) is 0 Å². The van der Waals surface area contributed by atoms with Gasteiger partial charge in [0.1, 0.15) is 13.2 Å². The van der Waals surface area contributed by atoms with E-state index in [1.807, 2.05) is 6.42 Å². The van der Waals surface area contributed by atoms with Gasteiger partial charge in [0, 0.05) is 12.8 Å². The number of esters is 2. The van der Waals surface area contributed by atoms with Crippen LogP contribution in [0.3, 0.4) is 0 Å². The summed E-state index contributed by atoms with van der Waals surface area (Å²) >= 11 is 0. The molecule has 0 radical (unpaired) electrons. The number of rotatable bonds is 24. The molecule has 0 amide bonds. The third-order valence-electron chi connectivity index (χ3n) is 4.99. The first-order valence-corrected chi connectivity index (χ1v) is 13.9. The number of ether oxygens (including phenoxy) is 2. The molecule has 0 aliphatic carbocycles. The number of hydrogen-bond donors (Lipinski definition) is 3. The molecule has 210 valence electrons. The van der Waals surface area contributed by atoms with Gasteiger partial charge in [-0.05, 0) is 12.8 Å². The number of phosphoric ester groups is 1. The van der Waals surface area contributed by atoms with Crippen molar-refractivity contribution >= 4 is 25.7 Å². The Hall–Kier alpha value is -1.91. The predicted molar refractivity (Wildman–Crippen MR) is 132 cm³/mol. The SMILES string of the molecule is C=C[CH-]CCCCCCCC(=O)O[C@H](COC(=O)CCCCC[CH2-])COP(=O)(O)OC[C@H]([NH3+])C(=O)O. The Balaban J connectivity index is 4.62. The summed E-state index contributed by atoms with van der Waals surface area (Å²) in [6.45, 7) is 5.79. The fourth-order valence-electron chi connectivity index (χ4n) is 2.89. The van der Waals surface area contributed by atoms with Crippen molar-refractivity contribution in [2.24, 2.45) is 0 Å². The van der Waals surface area contributed by atoms with Gasteiger partial charge in [-0.2, -0.15) is 6.42 Å². The minimum Gasteiger partial charge on any atom is -0.477 e. The van der Waals surface area contributed by atoms with Crippen molar-refractivity contribution in [3.63, 3.8) is 0 Å². The normalized spacial score (nSPS) is 14.3. The summed E-state index contributed by atoms with van der Waals surface area (Å²) in [6.07, 6.45) is 11.7. The number of hydrogen-bond acceptors (Lipinski definition) is 8. The summed E-state index contributed by atoms with van der Waals surface area (Å²) in [5, 5.41) is 8.79. The van der Waals surface area contributed by atoms with Gasteiger partial charge in [-0.15, -0.1) is 6.42 Å². The molecular weight excluding hydrogens is 493 g/mol. The van der Waals surface area contributed by atoms with Crippen LogP contribution in [0.1, 0.15) is 77.0 Å². The van der Waals surface area contributed by atoms with E-state index in [0.29, 0.717) is 12.8 Å². The average molecular weight is 537 g/mol. The van der Waals surface area contributed by atoms with Crippen molar-refractivity contribution in [2.75, 3.05) is 19.8 Å². The second-order valence-electron chi connectivity index (χ2n) is 8.33. The van der Waals surface area contributed by atoms with E-state index < -0.39 is 51.1 Å². The first-order valence-electron chi connectivity index (χ1n) is 12.4. The first kappa shape index (κ1) is 34.1. The minimum atomic E-state index is -4.65. The molecule has 0 bridgehead atoms. The summed E-state index contributed by atoms with van der Waals surface area (Å²) in [7, 11) is -4.65. The fourth-order valence-corrected chi connectivity index (χ4v) is 3.69. The van der Waals surface area contributed by atoms with Crippen molar-refractivity contribution in [2.45, 2.75) is 89.2 Å². The first-order chi connectivity index (χ1) is 17.1. The lowest BCUT2D eigenvalue weighted by Crippen LogP contribution is -2.67. The smallest absolute Gasteiger partial charge is 0.472 e. The van der Waals surface area contributed by atoms with E-state index in [4.69, 9.17) is 19.1 Å². The molecule has 0 spiro atoms. The molecule has 11 nitrogen and oxygen atoms in total. The molecule has 5 N–H and O–H groups in total. The van der Waals surface area contributed by atoms with Gasteiger partial charge in [0.05, 0.1) is 6.61 Å². The van der Waals surface area contributed by atoms with Gasteiger partial charge < -0.3 is 32.1 Å². The lowest BCUT2D eigenvalue weighted by molar-refractivity contribution is -0.411. The van der Waals surface area contributed by atoms with Crippen molar-refractivity contribution < 1.29 is 53.2 Å². The molecule has 3 atom stereocenters. The molecule has 0 fully saturated rings. The number of carboxylic acids is 1. The lowest BCUT2D eigenvalue weighted by Gasteiger charge is -2.20. The molecule has 0 aromatic heterocycles. The molecule has 36 heavy (non-hydrogen) atoms. The molecule has 1 unspecified atom stereocenters. The van der Waals surface area contributed by atoms with Crippen molar-refractivity contribution in [3.8, 4) is 0 Å². The number of quaternary nitrogens is 1. The van der Waals surface area contributed by atoms with Gasteiger partial charge in [-0.3, -0.25) is 18.6 Å². The molecule has 0 aliphatic heterocycles. The highest BCUT2D eigenvalue weighted by Crippen LogP contribution is 2.43. The van der Waals surface area contributed by atoms with E-state index in [-0.39, 0.29) is 19.4 Å². The molecule has 0 rings (SSSR count). The van der Waals surface area contributed by atoms with Crippen LogP contribution >= 0.6 is 7.82 Å². The van der Waals surface area contributed by atoms with Crippen molar-refractivity contribution in [1.82, 2.24) is 0 Å². The predicted octanol–water partition coefficient (Wildman–Crippen LogP) is 3.18. The number of carbonyl (C=O) groups excluding carboxylic acids is 2. The van der Waals surface area contributed by atoms with Crippen LogP contribution in [0.25, 0.3) is 0 Å². The molecule has 0 heterocycles. The number of phosphoric acid groups is 1. The highest BCUT2D eigenvalue weighted by molar-refractivity contribution is 7.47. The second-order valence-corrected chi connectivity index (χ2v) is 9.79. The quantitative estimate of drug-likeness (QED) is 0.0719. The van der Waals surface area contributed by atoms with Gasteiger partial charge in [0.15, 0.2) is 6.10 Å². The summed E-state index contributed by atoms with van der Waals surface area (Å²) in [4.78, 5) is 44.8. The van der Waals surface area contributed by atoms with Crippen LogP contribution in [-0.4, -0.2) is 59.9 Å². The van der Waals surface area contributed by atoms with Gasteiger partial charge in [-0.25, -0.2) is 28.4 Å². The average Bonchev–Trinajstić information content (AvgIpc) is 2.83. The van der Waals surface area contributed by atoms with E-state index in [9.17, 15) is 23.8 Å². The fraction of sp³-hybridized carbons (Fsp3) is 0.708. The Kier molecular flexibility index (Phi) is 20.1. The zero-order valence-corrected chi connectivity index (χ0v) is 22.0. The van der Waals surface area contributed by atoms with Crippen LogP contribution < -0.4 is 5.73 Å². The minimum absolute atomic E-state index is 0.142. The number of allylic oxidation sites excluding steroid dienone is 1. The maximum Gasteiger partial charge on any atom is 0.472 e. The van der Waals surface area contributed by atoms with E-state index in [2.05, 4.69) is 23.8 Å². The van der Waals surface area contributed by atoms with Gasteiger partial charge >= 0.3 is 25.7 Å². The molecule has 0 aromatic carbocycles. The number of aliphatic carboxylic acids is 1. The maximum atomic E-state index is 12.3. The highest BCUT2D eigenvalue weighted by atomic mass is 31.2. The van der Waals surface area contributed by atoms with E-state index in [1.54, 1.807) is 6.08 Å². The van der Waals surface area contributed by atoms with Crippen molar-refractivity contribution in [1.29, 1.82) is 0 Å². The second kappa shape index (κ2) is 21.2. The van der Waals surface area contributed by atoms with Crippen LogP contribution in [-0.2, 0) is 37.5 Å². The van der Waals surface area contributed by atoms with E-state index in [0.717, 1.165) is 51.4 Å². The third kappa shape index (κ3) is 20.3. The molecular formula is C24H43NO10P-. The van der Waals surface area contributed by atoms with Gasteiger partial charge in [-0.1, -0.05) is 38.5 Å². The molecule has 0 aromatic rings. The van der Waals surface area contributed by atoms with Gasteiger partial charge in [0.2, 0.25) is 6.04 Å². The third-order valence-corrected chi connectivity index (χ3v) is 5.94. The lowest BCUT2D eigenvalue weighted by atomic mass is 10.1. The molecule has 12 heteroatoms. The number of unbranched alkanes of at least 4 members (excludes halogenated alkanes) is 9. The Bertz CT molecular complexity index is 688. The van der Waals surface area contributed by atoms with E-state index >= 15 is 0 Å². The standard InChI is InChI=1S/C24H42NO10P/c1-3-5-7-9-10-11-12-14-16-23(27)35-20(17-32-22(26)15-13-8-6-4-2)18-33-36(30,31)34-19-21(25)24(28)29/h3,5,20-21H,1-2,4,6-19,25H2,(H,28,29)(H,30,31)/q-2/p+1/t20-,21+/m1/s1. The Morgan fingerprint density at radius 2 is 1.53 bits per heavy atom. The summed E-state index contributed by atoms with van der Waals surface area (Å²) in [5.74, 6) is -2.34.